The van der Waals surface area contributed by atoms with Gasteiger partial charge in [-0.3, -0.25) is 0 Å². The molecule has 2 nitrogen and oxygen atoms in total. The van der Waals surface area contributed by atoms with Gasteiger partial charge in [0.15, 0.2) is 0 Å². The van der Waals surface area contributed by atoms with E-state index in [0.29, 0.717) is 0 Å². The van der Waals surface area contributed by atoms with E-state index in [4.69, 9.17) is 4.74 Å². The van der Waals surface area contributed by atoms with Crippen LogP contribution >= 0.6 is 0 Å². The Morgan fingerprint density at radius 2 is 1.71 bits per heavy atom. The van der Waals surface area contributed by atoms with Crippen molar-refractivity contribution < 1.29 is 9.53 Å². The van der Waals surface area contributed by atoms with Gasteiger partial charge >= 0.3 is 0 Å². The Morgan fingerprint density at radius 1 is 1.06 bits per heavy atom. The molecule has 0 saturated carbocycles. The van der Waals surface area contributed by atoms with Crippen molar-refractivity contribution in [1.29, 1.82) is 0 Å². The van der Waals surface area contributed by atoms with Crippen LogP contribution in [0.1, 0.15) is 19.4 Å². The van der Waals surface area contributed by atoms with E-state index in [2.05, 4.69) is 0 Å². The standard InChI is InChI=1S/C15H16O2/c1-15(2,10-16)13-8-9-14(17-3)12-7-5-4-6-11(12)13/h4-10H,1-3H3. The van der Waals surface area contributed by atoms with Gasteiger partial charge in [0.1, 0.15) is 12.0 Å². The van der Waals surface area contributed by atoms with Crippen molar-refractivity contribution >= 4 is 17.1 Å². The first-order valence-electron chi connectivity index (χ1n) is 5.62. The highest BCUT2D eigenvalue weighted by molar-refractivity contribution is 5.94. The molecule has 0 aliphatic heterocycles. The molecule has 0 N–H and O–H groups in total. The molecular weight excluding hydrogens is 212 g/mol. The molecule has 0 amide bonds. The highest BCUT2D eigenvalue weighted by Gasteiger charge is 2.22. The van der Waals surface area contributed by atoms with Crippen molar-refractivity contribution in [3.63, 3.8) is 0 Å². The van der Waals surface area contributed by atoms with E-state index >= 15 is 0 Å². The maximum absolute atomic E-state index is 11.2. The van der Waals surface area contributed by atoms with Crippen molar-refractivity contribution in [3.8, 4) is 5.75 Å². The van der Waals surface area contributed by atoms with Gasteiger partial charge < -0.3 is 9.53 Å². The fourth-order valence-electron chi connectivity index (χ4n) is 2.07. The van der Waals surface area contributed by atoms with Crippen LogP contribution in [0, 0.1) is 0 Å². The minimum atomic E-state index is -0.480. The highest BCUT2D eigenvalue weighted by Crippen LogP contribution is 2.34. The lowest BCUT2D eigenvalue weighted by atomic mass is 9.83. The zero-order valence-corrected chi connectivity index (χ0v) is 10.4. The number of hydrogen-bond donors (Lipinski definition) is 0. The normalized spacial score (nSPS) is 11.5. The molecule has 0 unspecified atom stereocenters. The van der Waals surface area contributed by atoms with Gasteiger partial charge in [-0.05, 0) is 30.9 Å². The minimum Gasteiger partial charge on any atom is -0.496 e. The van der Waals surface area contributed by atoms with Crippen LogP contribution in [0.25, 0.3) is 10.8 Å². The molecule has 0 bridgehead atoms. The molecule has 0 radical (unpaired) electrons. The van der Waals surface area contributed by atoms with E-state index in [1.165, 1.54) is 0 Å². The number of rotatable bonds is 3. The average Bonchev–Trinajstić information content (AvgIpc) is 2.37. The van der Waals surface area contributed by atoms with Gasteiger partial charge in [0.05, 0.1) is 7.11 Å². The maximum Gasteiger partial charge on any atom is 0.129 e. The molecule has 0 aromatic heterocycles. The van der Waals surface area contributed by atoms with E-state index in [1.807, 2.05) is 50.2 Å². The van der Waals surface area contributed by atoms with E-state index in [0.717, 1.165) is 28.4 Å². The Kier molecular flexibility index (Phi) is 2.88. The highest BCUT2D eigenvalue weighted by atomic mass is 16.5. The van der Waals surface area contributed by atoms with Crippen LogP contribution in [0.3, 0.4) is 0 Å². The molecule has 2 rings (SSSR count). The zero-order chi connectivity index (χ0) is 12.5. The van der Waals surface area contributed by atoms with Gasteiger partial charge in [-0.25, -0.2) is 0 Å². The second kappa shape index (κ2) is 4.21. The van der Waals surface area contributed by atoms with Gasteiger partial charge in [-0.15, -0.1) is 0 Å². The number of fused-ring (bicyclic) bond motifs is 1. The summed E-state index contributed by atoms with van der Waals surface area (Å²) in [4.78, 5) is 11.2. The number of methoxy groups -OCH3 is 1. The molecule has 0 spiro atoms. The molecule has 0 heterocycles. The van der Waals surface area contributed by atoms with Crippen molar-refractivity contribution in [2.75, 3.05) is 7.11 Å². The Balaban J connectivity index is 2.80. The minimum absolute atomic E-state index is 0.480. The molecule has 17 heavy (non-hydrogen) atoms. The lowest BCUT2D eigenvalue weighted by Crippen LogP contribution is -2.19. The SMILES string of the molecule is COc1ccc(C(C)(C)C=O)c2ccccc12. The number of aldehydes is 1. The summed E-state index contributed by atoms with van der Waals surface area (Å²) in [5.74, 6) is 0.839. The second-order valence-electron chi connectivity index (χ2n) is 4.70. The third-order valence-electron chi connectivity index (χ3n) is 3.09. The van der Waals surface area contributed by atoms with Crippen LogP contribution in [-0.4, -0.2) is 13.4 Å². The Bertz CT molecular complexity index is 556. The molecule has 0 atom stereocenters. The molecule has 0 aliphatic carbocycles. The molecule has 2 heteroatoms. The van der Waals surface area contributed by atoms with Crippen molar-refractivity contribution in [2.45, 2.75) is 19.3 Å². The fraction of sp³-hybridized carbons (Fsp3) is 0.267. The third-order valence-corrected chi connectivity index (χ3v) is 3.09. The first-order chi connectivity index (χ1) is 8.10. The van der Waals surface area contributed by atoms with Crippen molar-refractivity contribution in [3.05, 3.63) is 42.0 Å². The molecule has 88 valence electrons. The summed E-state index contributed by atoms with van der Waals surface area (Å²) in [6.45, 7) is 3.85. The largest absolute Gasteiger partial charge is 0.496 e. The monoisotopic (exact) mass is 228 g/mol. The van der Waals surface area contributed by atoms with Crippen molar-refractivity contribution in [1.82, 2.24) is 0 Å². The summed E-state index contributed by atoms with van der Waals surface area (Å²) in [6.07, 6.45) is 0.987. The molecule has 0 saturated heterocycles. The molecule has 2 aromatic rings. The predicted octanol–water partition coefficient (Wildman–Crippen LogP) is 3.32. The lowest BCUT2D eigenvalue weighted by molar-refractivity contribution is -0.111. The lowest BCUT2D eigenvalue weighted by Gasteiger charge is -2.20. The summed E-state index contributed by atoms with van der Waals surface area (Å²) in [5, 5.41) is 2.12. The molecule has 0 aliphatic rings. The van der Waals surface area contributed by atoms with E-state index in [-0.39, 0.29) is 0 Å². The number of ether oxygens (including phenoxy) is 1. The Morgan fingerprint density at radius 3 is 2.29 bits per heavy atom. The Labute approximate surface area is 101 Å². The van der Waals surface area contributed by atoms with E-state index in [9.17, 15) is 4.79 Å². The summed E-state index contributed by atoms with van der Waals surface area (Å²) in [7, 11) is 1.66. The number of carbonyl (C=O) groups is 1. The van der Waals surface area contributed by atoms with E-state index < -0.39 is 5.41 Å². The molecule has 0 fully saturated rings. The summed E-state index contributed by atoms with van der Waals surface area (Å²) in [6, 6.07) is 11.9. The maximum atomic E-state index is 11.2. The second-order valence-corrected chi connectivity index (χ2v) is 4.70. The third kappa shape index (κ3) is 1.91. The summed E-state index contributed by atoms with van der Waals surface area (Å²) < 4.78 is 5.34. The van der Waals surface area contributed by atoms with Gasteiger partial charge in [0.25, 0.3) is 0 Å². The molecular formula is C15H16O2. The fourth-order valence-corrected chi connectivity index (χ4v) is 2.07. The zero-order valence-electron chi connectivity index (χ0n) is 10.4. The van der Waals surface area contributed by atoms with Crippen molar-refractivity contribution in [2.24, 2.45) is 0 Å². The predicted molar refractivity (Wildman–Crippen MR) is 69.6 cm³/mol. The van der Waals surface area contributed by atoms with Gasteiger partial charge in [-0.2, -0.15) is 0 Å². The van der Waals surface area contributed by atoms with Crippen LogP contribution in [0.5, 0.6) is 5.75 Å². The number of carbonyl (C=O) groups excluding carboxylic acids is 1. The Hall–Kier alpha value is -1.83. The average molecular weight is 228 g/mol. The smallest absolute Gasteiger partial charge is 0.129 e. The number of benzene rings is 2. The van der Waals surface area contributed by atoms with Crippen LogP contribution in [0.15, 0.2) is 36.4 Å². The van der Waals surface area contributed by atoms with Crippen LogP contribution in [0.2, 0.25) is 0 Å². The summed E-state index contributed by atoms with van der Waals surface area (Å²) >= 11 is 0. The summed E-state index contributed by atoms with van der Waals surface area (Å²) in [5.41, 5.74) is 0.551. The van der Waals surface area contributed by atoms with Gasteiger partial charge in [0, 0.05) is 10.8 Å². The van der Waals surface area contributed by atoms with Gasteiger partial charge in [0.2, 0.25) is 0 Å². The quantitative estimate of drug-likeness (QED) is 0.753. The van der Waals surface area contributed by atoms with Crippen LogP contribution < -0.4 is 4.74 Å². The van der Waals surface area contributed by atoms with E-state index in [1.54, 1.807) is 7.11 Å². The first-order valence-corrected chi connectivity index (χ1v) is 5.62. The van der Waals surface area contributed by atoms with Crippen LogP contribution in [-0.2, 0) is 10.2 Å². The topological polar surface area (TPSA) is 26.3 Å². The van der Waals surface area contributed by atoms with Gasteiger partial charge in [-0.1, -0.05) is 30.3 Å². The number of hydrogen-bond acceptors (Lipinski definition) is 2. The molecule has 2 aromatic carbocycles. The van der Waals surface area contributed by atoms with Crippen LogP contribution in [0.4, 0.5) is 0 Å². The first kappa shape index (κ1) is 11.6.